The molecule has 0 bridgehead atoms. The van der Waals surface area contributed by atoms with Crippen molar-refractivity contribution in [2.45, 2.75) is 32.0 Å². The molecule has 1 N–H and O–H groups in total. The maximum atomic E-state index is 10.5. The quantitative estimate of drug-likeness (QED) is 0.889. The molecular formula is C15H22O4. The molecule has 3 unspecified atom stereocenters. The number of hydrogen-bond donors (Lipinski definition) is 1. The molecule has 0 aromatic heterocycles. The summed E-state index contributed by atoms with van der Waals surface area (Å²) in [5, 5.41) is 10.5. The summed E-state index contributed by atoms with van der Waals surface area (Å²) >= 11 is 0. The molecule has 1 aromatic carbocycles. The molecule has 1 heterocycles. The van der Waals surface area contributed by atoms with Gasteiger partial charge in [0.25, 0.3) is 0 Å². The summed E-state index contributed by atoms with van der Waals surface area (Å²) < 4.78 is 16.1. The van der Waals surface area contributed by atoms with Gasteiger partial charge in [0.2, 0.25) is 0 Å². The van der Waals surface area contributed by atoms with E-state index >= 15 is 0 Å². The number of ether oxygens (including phenoxy) is 3. The summed E-state index contributed by atoms with van der Waals surface area (Å²) in [5.41, 5.74) is 0.853. The van der Waals surface area contributed by atoms with Crippen molar-refractivity contribution in [1.29, 1.82) is 0 Å². The Hall–Kier alpha value is -1.26. The van der Waals surface area contributed by atoms with E-state index in [4.69, 9.17) is 14.2 Å². The standard InChI is InChI=1S/C15H22O4/c1-4-12-11(7-8-19-12)15(16)10-5-6-13(17-2)14(9-10)18-3/h5-6,9,11-12,15-16H,4,7-8H2,1-3H3. The zero-order chi connectivity index (χ0) is 13.8. The Morgan fingerprint density at radius 2 is 2.05 bits per heavy atom. The van der Waals surface area contributed by atoms with Crippen molar-refractivity contribution in [3.05, 3.63) is 23.8 Å². The molecule has 1 aliphatic heterocycles. The van der Waals surface area contributed by atoms with Crippen LogP contribution in [-0.4, -0.2) is 32.0 Å². The van der Waals surface area contributed by atoms with Gasteiger partial charge in [0.05, 0.1) is 26.4 Å². The summed E-state index contributed by atoms with van der Waals surface area (Å²) in [6.07, 6.45) is 1.44. The molecule has 3 atom stereocenters. The van der Waals surface area contributed by atoms with Crippen molar-refractivity contribution in [1.82, 2.24) is 0 Å². The van der Waals surface area contributed by atoms with Crippen LogP contribution >= 0.6 is 0 Å². The average molecular weight is 266 g/mol. The molecule has 19 heavy (non-hydrogen) atoms. The highest BCUT2D eigenvalue weighted by molar-refractivity contribution is 5.43. The number of benzene rings is 1. The highest BCUT2D eigenvalue weighted by atomic mass is 16.5. The normalized spacial score (nSPS) is 24.2. The van der Waals surface area contributed by atoms with Crippen LogP contribution in [-0.2, 0) is 4.74 Å². The Kier molecular flexibility index (Phi) is 4.66. The molecule has 0 aliphatic carbocycles. The van der Waals surface area contributed by atoms with Gasteiger partial charge in [-0.2, -0.15) is 0 Å². The van der Waals surface area contributed by atoms with Gasteiger partial charge in [-0.3, -0.25) is 0 Å². The third-order valence-electron chi connectivity index (χ3n) is 3.82. The monoisotopic (exact) mass is 266 g/mol. The van der Waals surface area contributed by atoms with Crippen molar-refractivity contribution < 1.29 is 19.3 Å². The van der Waals surface area contributed by atoms with Crippen molar-refractivity contribution >= 4 is 0 Å². The summed E-state index contributed by atoms with van der Waals surface area (Å²) in [4.78, 5) is 0. The third kappa shape index (κ3) is 2.85. The first-order valence-electron chi connectivity index (χ1n) is 6.72. The van der Waals surface area contributed by atoms with E-state index in [9.17, 15) is 5.11 Å². The SMILES string of the molecule is CCC1OCCC1C(O)c1ccc(OC)c(OC)c1. The van der Waals surface area contributed by atoms with Crippen molar-refractivity contribution in [3.63, 3.8) is 0 Å². The van der Waals surface area contributed by atoms with Crippen LogP contribution in [0.2, 0.25) is 0 Å². The first-order chi connectivity index (χ1) is 9.21. The Balaban J connectivity index is 2.21. The summed E-state index contributed by atoms with van der Waals surface area (Å²) in [6, 6.07) is 5.56. The van der Waals surface area contributed by atoms with Crippen molar-refractivity contribution in [2.75, 3.05) is 20.8 Å². The van der Waals surface area contributed by atoms with Crippen LogP contribution in [0.4, 0.5) is 0 Å². The Bertz CT molecular complexity index is 419. The Morgan fingerprint density at radius 1 is 1.32 bits per heavy atom. The second kappa shape index (κ2) is 6.26. The van der Waals surface area contributed by atoms with E-state index in [1.165, 1.54) is 0 Å². The van der Waals surface area contributed by atoms with Gasteiger partial charge in [-0.15, -0.1) is 0 Å². The lowest BCUT2D eigenvalue weighted by molar-refractivity contribution is 0.0306. The van der Waals surface area contributed by atoms with Crippen LogP contribution < -0.4 is 9.47 Å². The molecule has 1 saturated heterocycles. The minimum absolute atomic E-state index is 0.142. The van der Waals surface area contributed by atoms with Crippen LogP contribution in [0.15, 0.2) is 18.2 Å². The fourth-order valence-electron chi connectivity index (χ4n) is 2.73. The fourth-order valence-corrected chi connectivity index (χ4v) is 2.73. The molecule has 0 amide bonds. The zero-order valence-electron chi connectivity index (χ0n) is 11.8. The smallest absolute Gasteiger partial charge is 0.161 e. The maximum Gasteiger partial charge on any atom is 0.161 e. The van der Waals surface area contributed by atoms with Crippen LogP contribution in [0.1, 0.15) is 31.4 Å². The van der Waals surface area contributed by atoms with Crippen LogP contribution in [0.25, 0.3) is 0 Å². The molecule has 4 nitrogen and oxygen atoms in total. The second-order valence-electron chi connectivity index (χ2n) is 4.83. The lowest BCUT2D eigenvalue weighted by Crippen LogP contribution is -2.22. The molecule has 106 valence electrons. The minimum Gasteiger partial charge on any atom is -0.493 e. The van der Waals surface area contributed by atoms with Gasteiger partial charge in [0.1, 0.15) is 0 Å². The predicted octanol–water partition coefficient (Wildman–Crippen LogP) is 2.55. The third-order valence-corrected chi connectivity index (χ3v) is 3.82. The number of methoxy groups -OCH3 is 2. The van der Waals surface area contributed by atoms with E-state index in [1.807, 2.05) is 18.2 Å². The van der Waals surface area contributed by atoms with Gasteiger partial charge < -0.3 is 19.3 Å². The van der Waals surface area contributed by atoms with Crippen molar-refractivity contribution in [3.8, 4) is 11.5 Å². The van der Waals surface area contributed by atoms with E-state index in [-0.39, 0.29) is 12.0 Å². The first kappa shape index (κ1) is 14.2. The molecular weight excluding hydrogens is 244 g/mol. The molecule has 0 saturated carbocycles. The summed E-state index contributed by atoms with van der Waals surface area (Å²) in [5.74, 6) is 1.47. The highest BCUT2D eigenvalue weighted by Gasteiger charge is 2.33. The predicted molar refractivity (Wildman–Crippen MR) is 72.6 cm³/mol. The number of rotatable bonds is 5. The largest absolute Gasteiger partial charge is 0.493 e. The summed E-state index contributed by atoms with van der Waals surface area (Å²) in [7, 11) is 3.20. The van der Waals surface area contributed by atoms with Gasteiger partial charge in [0, 0.05) is 12.5 Å². The fraction of sp³-hybridized carbons (Fsp3) is 0.600. The van der Waals surface area contributed by atoms with Gasteiger partial charge in [-0.1, -0.05) is 13.0 Å². The topological polar surface area (TPSA) is 47.9 Å². The van der Waals surface area contributed by atoms with Crippen LogP contribution in [0.3, 0.4) is 0 Å². The zero-order valence-corrected chi connectivity index (χ0v) is 11.8. The Labute approximate surface area is 114 Å². The van der Waals surface area contributed by atoms with Gasteiger partial charge in [-0.25, -0.2) is 0 Å². The highest BCUT2D eigenvalue weighted by Crippen LogP contribution is 2.37. The molecule has 0 radical (unpaired) electrons. The van der Waals surface area contributed by atoms with Crippen LogP contribution in [0.5, 0.6) is 11.5 Å². The van der Waals surface area contributed by atoms with E-state index < -0.39 is 6.10 Å². The maximum absolute atomic E-state index is 10.5. The summed E-state index contributed by atoms with van der Waals surface area (Å²) in [6.45, 7) is 2.82. The van der Waals surface area contributed by atoms with Gasteiger partial charge in [-0.05, 0) is 30.5 Å². The lowest BCUT2D eigenvalue weighted by Gasteiger charge is -2.23. The molecule has 2 rings (SSSR count). The van der Waals surface area contributed by atoms with Crippen molar-refractivity contribution in [2.24, 2.45) is 5.92 Å². The molecule has 1 aromatic rings. The molecule has 4 heteroatoms. The van der Waals surface area contributed by atoms with Gasteiger partial charge >= 0.3 is 0 Å². The lowest BCUT2D eigenvalue weighted by atomic mass is 9.89. The van der Waals surface area contributed by atoms with E-state index in [2.05, 4.69) is 6.92 Å². The second-order valence-corrected chi connectivity index (χ2v) is 4.83. The first-order valence-corrected chi connectivity index (χ1v) is 6.72. The molecule has 1 fully saturated rings. The minimum atomic E-state index is -0.521. The average Bonchev–Trinajstić information content (AvgIpc) is 2.94. The van der Waals surface area contributed by atoms with Gasteiger partial charge in [0.15, 0.2) is 11.5 Å². The number of hydrogen-bond acceptors (Lipinski definition) is 4. The number of aliphatic hydroxyl groups excluding tert-OH is 1. The van der Waals surface area contributed by atoms with E-state index in [0.29, 0.717) is 11.5 Å². The van der Waals surface area contributed by atoms with E-state index in [1.54, 1.807) is 14.2 Å². The Morgan fingerprint density at radius 3 is 2.68 bits per heavy atom. The molecule has 1 aliphatic rings. The van der Waals surface area contributed by atoms with Crippen LogP contribution in [0, 0.1) is 5.92 Å². The van der Waals surface area contributed by atoms with E-state index in [0.717, 1.165) is 25.0 Å². The number of aliphatic hydroxyl groups is 1. The molecule has 0 spiro atoms.